The quantitative estimate of drug-likeness (QED) is 0.138. The zero-order chi connectivity index (χ0) is 44.7. The topological polar surface area (TPSA) is 50.9 Å². The van der Waals surface area contributed by atoms with Gasteiger partial charge >= 0.3 is 0 Å². The number of imidazole rings is 1. The van der Waals surface area contributed by atoms with Gasteiger partial charge in [0, 0.05) is 43.9 Å². The minimum atomic E-state index is -0.332. The monoisotopic (exact) mass is 1030 g/mol. The number of rotatable bonds is 5. The van der Waals surface area contributed by atoms with Crippen LogP contribution in [0.2, 0.25) is 0 Å². The molecule has 326 valence electrons. The van der Waals surface area contributed by atoms with E-state index in [1.54, 1.807) is 0 Å². The van der Waals surface area contributed by atoms with Crippen molar-refractivity contribution in [2.45, 2.75) is 78.6 Å². The molecule has 0 spiro atoms. The Morgan fingerprint density at radius 1 is 0.508 bits per heavy atom. The van der Waals surface area contributed by atoms with Gasteiger partial charge in [-0.2, -0.15) is 0 Å². The van der Waals surface area contributed by atoms with E-state index in [2.05, 4.69) is 219 Å². The molecule has 10 aromatic rings. The molecular weight excluding hydrogens is 974 g/mol. The molecule has 0 unspecified atom stereocenters. The molecule has 5 heteroatoms. The SMILES string of the molecule is CC(C)(C)c1cc(-c2cc(-c3ccccc3)ccn2)[c-]c(-c2cccc3c2nc(-c2cc(C(C)(C)C)cc(C(C)(C)C)c2O)n3-c2cccc3c4ccccc4c4ccccc4c23)c1.[Pt]. The van der Waals surface area contributed by atoms with E-state index < -0.39 is 0 Å². The summed E-state index contributed by atoms with van der Waals surface area (Å²) in [6, 6.07) is 57.9. The summed E-state index contributed by atoms with van der Waals surface area (Å²) in [6.45, 7) is 20.0. The molecule has 0 aliphatic carbocycles. The first-order valence-corrected chi connectivity index (χ1v) is 22.4. The molecule has 0 bridgehead atoms. The molecule has 0 fully saturated rings. The maximum atomic E-state index is 12.6. The third-order valence-corrected chi connectivity index (χ3v) is 12.9. The zero-order valence-corrected chi connectivity index (χ0v) is 40.9. The van der Waals surface area contributed by atoms with E-state index >= 15 is 0 Å². The van der Waals surface area contributed by atoms with Gasteiger partial charge in [-0.15, -0.1) is 29.3 Å². The summed E-state index contributed by atoms with van der Waals surface area (Å²) in [5.41, 5.74) is 11.9. The molecule has 65 heavy (non-hydrogen) atoms. The van der Waals surface area contributed by atoms with Crippen LogP contribution < -0.4 is 0 Å². The number of nitrogens with zero attached hydrogens (tertiary/aromatic N) is 3. The molecule has 0 aliphatic rings. The Morgan fingerprint density at radius 3 is 1.72 bits per heavy atom. The van der Waals surface area contributed by atoms with Crippen LogP contribution in [0.15, 0.2) is 158 Å². The third kappa shape index (κ3) is 7.76. The molecule has 2 heterocycles. The number of fused-ring (bicyclic) bond motifs is 7. The number of hydrogen-bond donors (Lipinski definition) is 1. The van der Waals surface area contributed by atoms with Crippen molar-refractivity contribution in [2.75, 3.05) is 0 Å². The summed E-state index contributed by atoms with van der Waals surface area (Å²) in [6.07, 6.45) is 1.89. The van der Waals surface area contributed by atoms with Crippen molar-refractivity contribution < 1.29 is 26.2 Å². The first-order chi connectivity index (χ1) is 30.6. The Labute approximate surface area is 397 Å². The number of aromatic nitrogens is 3. The Hall–Kier alpha value is -6.35. The van der Waals surface area contributed by atoms with Gasteiger partial charge in [0.15, 0.2) is 0 Å². The van der Waals surface area contributed by atoms with Gasteiger partial charge in [0.25, 0.3) is 0 Å². The van der Waals surface area contributed by atoms with Crippen LogP contribution in [0.25, 0.3) is 93.9 Å². The minimum absolute atomic E-state index is 0. The first-order valence-electron chi connectivity index (χ1n) is 22.4. The molecule has 0 radical (unpaired) electrons. The van der Waals surface area contributed by atoms with Gasteiger partial charge in [-0.1, -0.05) is 189 Å². The van der Waals surface area contributed by atoms with Crippen molar-refractivity contribution in [3.63, 3.8) is 0 Å². The van der Waals surface area contributed by atoms with Gasteiger partial charge in [0.05, 0.1) is 22.3 Å². The van der Waals surface area contributed by atoms with Crippen LogP contribution >= 0.6 is 0 Å². The minimum Gasteiger partial charge on any atom is -0.507 e. The zero-order valence-electron chi connectivity index (χ0n) is 38.6. The molecule has 0 aliphatic heterocycles. The summed E-state index contributed by atoms with van der Waals surface area (Å²) in [5, 5.41) is 19.7. The predicted octanol–water partition coefficient (Wildman–Crippen LogP) is 15.9. The van der Waals surface area contributed by atoms with Gasteiger partial charge in [-0.3, -0.25) is 9.55 Å². The molecule has 8 aromatic carbocycles. The van der Waals surface area contributed by atoms with Crippen molar-refractivity contribution in [1.29, 1.82) is 0 Å². The smallest absolute Gasteiger partial charge is 0.148 e. The van der Waals surface area contributed by atoms with Gasteiger partial charge in [0.2, 0.25) is 0 Å². The van der Waals surface area contributed by atoms with Crippen LogP contribution in [0.3, 0.4) is 0 Å². The third-order valence-electron chi connectivity index (χ3n) is 12.9. The Kier molecular flexibility index (Phi) is 11.0. The number of phenols is 1. The number of phenolic OH excluding ortho intramolecular Hbond substituents is 1. The maximum absolute atomic E-state index is 12.6. The van der Waals surface area contributed by atoms with Crippen molar-refractivity contribution in [3.05, 3.63) is 181 Å². The summed E-state index contributed by atoms with van der Waals surface area (Å²) in [4.78, 5) is 10.6. The average molecular weight is 1030 g/mol. The summed E-state index contributed by atoms with van der Waals surface area (Å²) < 4.78 is 2.30. The van der Waals surface area contributed by atoms with E-state index in [1.165, 1.54) is 32.5 Å². The fraction of sp³-hybridized carbons (Fsp3) is 0.200. The van der Waals surface area contributed by atoms with Crippen LogP contribution in [0.4, 0.5) is 0 Å². The van der Waals surface area contributed by atoms with Crippen molar-refractivity contribution in [1.82, 2.24) is 14.5 Å². The largest absolute Gasteiger partial charge is 0.507 e. The Bertz CT molecular complexity index is 3410. The summed E-state index contributed by atoms with van der Waals surface area (Å²) in [5.74, 6) is 0.938. The van der Waals surface area contributed by atoms with Crippen LogP contribution in [0, 0.1) is 6.07 Å². The molecule has 0 saturated carbocycles. The first kappa shape index (κ1) is 43.9. The second-order valence-electron chi connectivity index (χ2n) is 20.4. The van der Waals surface area contributed by atoms with Crippen LogP contribution in [-0.2, 0) is 37.3 Å². The molecule has 0 amide bonds. The maximum Gasteiger partial charge on any atom is 0.148 e. The molecule has 10 rings (SSSR count). The van der Waals surface area contributed by atoms with Gasteiger partial charge in [-0.25, -0.2) is 4.98 Å². The Morgan fingerprint density at radius 2 is 1.08 bits per heavy atom. The fourth-order valence-corrected chi connectivity index (χ4v) is 9.35. The van der Waals surface area contributed by atoms with E-state index in [1.807, 2.05) is 12.3 Å². The van der Waals surface area contributed by atoms with Crippen LogP contribution in [-0.4, -0.2) is 19.6 Å². The average Bonchev–Trinajstić information content (AvgIpc) is 3.67. The summed E-state index contributed by atoms with van der Waals surface area (Å²) in [7, 11) is 0. The number of benzene rings is 8. The molecule has 4 nitrogen and oxygen atoms in total. The number of aromatic hydroxyl groups is 1. The second-order valence-corrected chi connectivity index (χ2v) is 20.4. The van der Waals surface area contributed by atoms with E-state index in [0.717, 1.165) is 66.7 Å². The second kappa shape index (κ2) is 16.3. The number of para-hydroxylation sites is 1. The predicted molar refractivity (Wildman–Crippen MR) is 270 cm³/mol. The van der Waals surface area contributed by atoms with E-state index in [0.29, 0.717) is 11.4 Å². The van der Waals surface area contributed by atoms with Crippen molar-refractivity contribution >= 4 is 43.4 Å². The van der Waals surface area contributed by atoms with Crippen LogP contribution in [0.5, 0.6) is 5.75 Å². The summed E-state index contributed by atoms with van der Waals surface area (Å²) >= 11 is 0. The van der Waals surface area contributed by atoms with E-state index in [-0.39, 0.29) is 43.1 Å². The standard InChI is InChI=1S/C60H54N3O.Pt/c1-58(2,3)41-32-39(31-40(33-41)51-34-38(29-30-61-51)37-19-11-10-12-20-37)43-25-17-28-53-55(43)62-57(49-35-42(59(4,5)6)36-50(56(49)64)60(7,8)9)63(53)52-27-18-26-48-46-22-14-13-21-44(46)45-23-15-16-24-47(45)54(48)52;/h10-30,32-36,64H,1-9H3;/q-1;. The number of pyridine rings is 1. The normalized spacial score (nSPS) is 12.3. The van der Waals surface area contributed by atoms with E-state index in [4.69, 9.17) is 9.97 Å². The fourth-order valence-electron chi connectivity index (χ4n) is 9.35. The number of hydrogen-bond acceptors (Lipinski definition) is 3. The van der Waals surface area contributed by atoms with Gasteiger partial charge in [-0.05, 0) is 84.1 Å². The molecule has 0 atom stereocenters. The molecule has 1 N–H and O–H groups in total. The molecule has 0 saturated heterocycles. The van der Waals surface area contributed by atoms with Crippen molar-refractivity contribution in [3.8, 4) is 56.3 Å². The van der Waals surface area contributed by atoms with E-state index in [9.17, 15) is 5.11 Å². The Balaban J connectivity index is 0.00000533. The van der Waals surface area contributed by atoms with Gasteiger partial charge in [0.1, 0.15) is 11.6 Å². The molecular formula is C60H54N3OPt-. The van der Waals surface area contributed by atoms with Gasteiger partial charge < -0.3 is 5.11 Å². The molecule has 2 aromatic heterocycles. The van der Waals surface area contributed by atoms with Crippen molar-refractivity contribution in [2.24, 2.45) is 0 Å². The van der Waals surface area contributed by atoms with Crippen LogP contribution in [0.1, 0.15) is 79.0 Å².